The molecule has 6 nitrogen and oxygen atoms in total. The number of rotatable bonds is 2. The maximum absolute atomic E-state index is 11.9. The van der Waals surface area contributed by atoms with E-state index in [4.69, 9.17) is 0 Å². The molecule has 0 bridgehead atoms. The summed E-state index contributed by atoms with van der Waals surface area (Å²) < 4.78 is 1.74. The molecule has 0 unspecified atom stereocenters. The summed E-state index contributed by atoms with van der Waals surface area (Å²) >= 11 is 0. The second kappa shape index (κ2) is 4.04. The molecule has 0 radical (unpaired) electrons. The summed E-state index contributed by atoms with van der Waals surface area (Å²) in [6.45, 7) is 5.31. The third kappa shape index (κ3) is 2.06. The number of amides is 1. The van der Waals surface area contributed by atoms with Crippen molar-refractivity contribution in [2.45, 2.75) is 27.3 Å². The Kier molecular flexibility index (Phi) is 2.71. The lowest BCUT2D eigenvalue weighted by atomic mass is 10.2. The summed E-state index contributed by atoms with van der Waals surface area (Å²) in [5.74, 6) is 0.582. The van der Waals surface area contributed by atoms with Crippen molar-refractivity contribution in [1.82, 2.24) is 19.9 Å². The molecule has 0 saturated heterocycles. The van der Waals surface area contributed by atoms with Gasteiger partial charge in [-0.25, -0.2) is 9.50 Å². The molecule has 2 N–H and O–H groups in total. The van der Waals surface area contributed by atoms with Gasteiger partial charge in [-0.2, -0.15) is 0 Å². The van der Waals surface area contributed by atoms with Crippen LogP contribution in [0.25, 0.3) is 5.65 Å². The minimum atomic E-state index is -0.158. The van der Waals surface area contributed by atoms with E-state index in [0.29, 0.717) is 11.2 Å². The Bertz CT molecular complexity index is 639. The Balaban J connectivity index is 2.55. The fraction of sp³-hybridized carbons (Fsp3) is 0.364. The molecule has 2 heterocycles. The number of nitrogens with zero attached hydrogens (tertiary/aromatic N) is 2. The van der Waals surface area contributed by atoms with E-state index in [2.05, 4.69) is 15.4 Å². The van der Waals surface area contributed by atoms with Gasteiger partial charge in [-0.3, -0.25) is 14.7 Å². The first kappa shape index (κ1) is 11.4. The number of nitrogens with one attached hydrogen (secondary N) is 2. The van der Waals surface area contributed by atoms with Gasteiger partial charge in [0, 0.05) is 30.8 Å². The van der Waals surface area contributed by atoms with Gasteiger partial charge in [0.05, 0.1) is 0 Å². The number of carbonyl (C=O) groups is 1. The normalized spacial score (nSPS) is 10.8. The zero-order valence-corrected chi connectivity index (χ0v) is 10.00. The van der Waals surface area contributed by atoms with Gasteiger partial charge >= 0.3 is 0 Å². The summed E-state index contributed by atoms with van der Waals surface area (Å²) in [5, 5.41) is 5.66. The minimum absolute atomic E-state index is 0.109. The first-order valence-electron chi connectivity index (χ1n) is 5.31. The first-order chi connectivity index (χ1) is 7.99. The van der Waals surface area contributed by atoms with Crippen molar-refractivity contribution in [3.63, 3.8) is 0 Å². The molecule has 1 amide bonds. The zero-order valence-electron chi connectivity index (χ0n) is 10.00. The largest absolute Gasteiger partial charge is 0.352 e. The van der Waals surface area contributed by atoms with E-state index < -0.39 is 0 Å². The second-order valence-electron chi connectivity index (χ2n) is 3.98. The summed E-state index contributed by atoms with van der Waals surface area (Å²) in [6, 6.07) is 1.47. The molecule has 0 aliphatic rings. The van der Waals surface area contributed by atoms with Crippen molar-refractivity contribution in [3.8, 4) is 0 Å². The third-order valence-electron chi connectivity index (χ3n) is 2.63. The van der Waals surface area contributed by atoms with E-state index in [9.17, 15) is 9.59 Å². The molecule has 0 saturated carbocycles. The lowest BCUT2D eigenvalue weighted by Gasteiger charge is -2.07. The van der Waals surface area contributed by atoms with Crippen LogP contribution in [0.4, 0.5) is 0 Å². The van der Waals surface area contributed by atoms with Crippen LogP contribution in [0.3, 0.4) is 0 Å². The average molecular weight is 234 g/mol. The quantitative estimate of drug-likeness (QED) is 0.783. The average Bonchev–Trinajstić information content (AvgIpc) is 2.58. The molecule has 6 heteroatoms. The molecule has 17 heavy (non-hydrogen) atoms. The monoisotopic (exact) mass is 234 g/mol. The van der Waals surface area contributed by atoms with Crippen LogP contribution in [0.15, 0.2) is 10.9 Å². The van der Waals surface area contributed by atoms with Gasteiger partial charge < -0.3 is 5.32 Å². The summed E-state index contributed by atoms with van der Waals surface area (Å²) in [7, 11) is 0. The number of aryl methyl sites for hydroxylation is 2. The highest BCUT2D eigenvalue weighted by Crippen LogP contribution is 2.06. The van der Waals surface area contributed by atoms with Crippen LogP contribution < -0.4 is 10.7 Å². The maximum atomic E-state index is 11.9. The van der Waals surface area contributed by atoms with E-state index in [0.717, 1.165) is 11.5 Å². The van der Waals surface area contributed by atoms with Crippen LogP contribution in [-0.4, -0.2) is 20.5 Å². The Morgan fingerprint density at radius 3 is 2.88 bits per heavy atom. The highest BCUT2D eigenvalue weighted by molar-refractivity contribution is 5.72. The molecule has 0 spiro atoms. The summed E-state index contributed by atoms with van der Waals surface area (Å²) in [6.07, 6.45) is 0. The van der Waals surface area contributed by atoms with Crippen LogP contribution in [0.1, 0.15) is 24.0 Å². The van der Waals surface area contributed by atoms with Crippen molar-refractivity contribution in [1.29, 1.82) is 0 Å². The van der Waals surface area contributed by atoms with Crippen molar-refractivity contribution >= 4 is 11.6 Å². The zero-order chi connectivity index (χ0) is 12.6. The number of aromatic amines is 1. The van der Waals surface area contributed by atoms with Gasteiger partial charge in [0.1, 0.15) is 5.82 Å². The van der Waals surface area contributed by atoms with Gasteiger partial charge in [0.2, 0.25) is 5.91 Å². The highest BCUT2D eigenvalue weighted by Gasteiger charge is 2.10. The van der Waals surface area contributed by atoms with Crippen LogP contribution in [-0.2, 0) is 11.3 Å². The van der Waals surface area contributed by atoms with Crippen LogP contribution in [0.2, 0.25) is 0 Å². The van der Waals surface area contributed by atoms with E-state index in [-0.39, 0.29) is 17.9 Å². The minimum Gasteiger partial charge on any atom is -0.352 e. The van der Waals surface area contributed by atoms with E-state index in [1.165, 1.54) is 13.0 Å². The lowest BCUT2D eigenvalue weighted by molar-refractivity contribution is -0.119. The van der Waals surface area contributed by atoms with Gasteiger partial charge in [-0.15, -0.1) is 0 Å². The van der Waals surface area contributed by atoms with Crippen LogP contribution in [0, 0.1) is 13.8 Å². The maximum Gasteiger partial charge on any atom is 0.217 e. The molecule has 0 atom stereocenters. The SMILES string of the molecule is CC(=O)NCc1c(C)n2[nH]c(C)nc2cc1=O. The Labute approximate surface area is 97.7 Å². The first-order valence-corrected chi connectivity index (χ1v) is 5.31. The van der Waals surface area contributed by atoms with Crippen LogP contribution in [0.5, 0.6) is 0 Å². The fourth-order valence-corrected chi connectivity index (χ4v) is 1.76. The smallest absolute Gasteiger partial charge is 0.217 e. The van der Waals surface area contributed by atoms with Gasteiger partial charge in [-0.1, -0.05) is 0 Å². The standard InChI is InChI=1S/C11H14N4O2/c1-6-9(5-12-8(3)16)10(17)4-11-13-7(2)14-15(6)11/h4H,5H2,1-3H3,(H,12,16)(H,13,14). The number of carbonyl (C=O) groups excluding carboxylic acids is 1. The predicted octanol–water partition coefficient (Wildman–Crippen LogP) is 0.276. The number of pyridine rings is 1. The van der Waals surface area contributed by atoms with Gasteiger partial charge in [-0.05, 0) is 13.8 Å². The van der Waals surface area contributed by atoms with E-state index in [1.807, 2.05) is 13.8 Å². The molecular formula is C11H14N4O2. The Hall–Kier alpha value is -2.11. The second-order valence-corrected chi connectivity index (χ2v) is 3.98. The van der Waals surface area contributed by atoms with Crippen LogP contribution >= 0.6 is 0 Å². The molecule has 2 rings (SSSR count). The van der Waals surface area contributed by atoms with Crippen molar-refractivity contribution in [2.24, 2.45) is 0 Å². The van der Waals surface area contributed by atoms with Gasteiger partial charge in [0.25, 0.3) is 0 Å². The molecule has 2 aromatic rings. The molecule has 0 aliphatic heterocycles. The molecule has 2 aromatic heterocycles. The molecule has 90 valence electrons. The van der Waals surface area contributed by atoms with E-state index in [1.54, 1.807) is 4.52 Å². The summed E-state index contributed by atoms with van der Waals surface area (Å²) in [5.41, 5.74) is 1.82. The third-order valence-corrected chi connectivity index (χ3v) is 2.63. The van der Waals surface area contributed by atoms with Crippen molar-refractivity contribution < 1.29 is 4.79 Å². The van der Waals surface area contributed by atoms with E-state index >= 15 is 0 Å². The van der Waals surface area contributed by atoms with Crippen molar-refractivity contribution in [2.75, 3.05) is 0 Å². The highest BCUT2D eigenvalue weighted by atomic mass is 16.1. The summed E-state index contributed by atoms with van der Waals surface area (Å²) in [4.78, 5) is 26.9. The Morgan fingerprint density at radius 1 is 1.53 bits per heavy atom. The lowest BCUT2D eigenvalue weighted by Crippen LogP contribution is -2.25. The van der Waals surface area contributed by atoms with Gasteiger partial charge in [0.15, 0.2) is 11.1 Å². The number of fused-ring (bicyclic) bond motifs is 1. The number of hydrogen-bond acceptors (Lipinski definition) is 3. The fourth-order valence-electron chi connectivity index (χ4n) is 1.76. The number of H-pyrrole nitrogens is 1. The molecule has 0 fully saturated rings. The molecule has 0 aliphatic carbocycles. The Morgan fingerprint density at radius 2 is 2.24 bits per heavy atom. The molecule has 0 aromatic carbocycles. The number of aromatic nitrogens is 3. The van der Waals surface area contributed by atoms with Crippen molar-refractivity contribution in [3.05, 3.63) is 33.4 Å². The topological polar surface area (TPSA) is 79.3 Å². The predicted molar refractivity (Wildman–Crippen MR) is 62.8 cm³/mol. The molecular weight excluding hydrogens is 220 g/mol. The number of hydrogen-bond donors (Lipinski definition) is 2.